The van der Waals surface area contributed by atoms with Crippen molar-refractivity contribution in [1.82, 2.24) is 9.78 Å². The number of hydrogen-bond donors (Lipinski definition) is 1. The number of amides is 1. The SMILES string of the molecule is Cc1cccc(-n2nc(C(C)(C)C)cc2NC(=O)C2CCOC2)c1. The van der Waals surface area contributed by atoms with Crippen molar-refractivity contribution in [3.63, 3.8) is 0 Å². The second kappa shape index (κ2) is 6.40. The minimum Gasteiger partial charge on any atom is -0.381 e. The molecule has 1 N–H and O–H groups in total. The van der Waals surface area contributed by atoms with Crippen LogP contribution in [-0.2, 0) is 14.9 Å². The van der Waals surface area contributed by atoms with Gasteiger partial charge < -0.3 is 10.1 Å². The molecule has 0 aliphatic carbocycles. The van der Waals surface area contributed by atoms with Gasteiger partial charge in [-0.15, -0.1) is 0 Å². The summed E-state index contributed by atoms with van der Waals surface area (Å²) >= 11 is 0. The van der Waals surface area contributed by atoms with Gasteiger partial charge in [-0.25, -0.2) is 4.68 Å². The van der Waals surface area contributed by atoms with Gasteiger partial charge in [0.05, 0.1) is 23.9 Å². The number of rotatable bonds is 3. The number of aryl methyl sites for hydroxylation is 1. The van der Waals surface area contributed by atoms with Crippen molar-refractivity contribution in [2.45, 2.75) is 39.5 Å². The Hall–Kier alpha value is -2.14. The predicted molar refractivity (Wildman–Crippen MR) is 94.6 cm³/mol. The minimum atomic E-state index is -0.0922. The topological polar surface area (TPSA) is 56.2 Å². The van der Waals surface area contributed by atoms with Crippen LogP contribution in [0.15, 0.2) is 30.3 Å². The first-order valence-corrected chi connectivity index (χ1v) is 8.41. The molecule has 1 aliphatic heterocycles. The molecule has 0 saturated carbocycles. The zero-order valence-electron chi connectivity index (χ0n) is 14.8. The minimum absolute atomic E-state index is 0.00163. The van der Waals surface area contributed by atoms with Crippen LogP contribution in [0.5, 0.6) is 0 Å². The summed E-state index contributed by atoms with van der Waals surface area (Å²) in [5, 5.41) is 7.79. The smallest absolute Gasteiger partial charge is 0.231 e. The van der Waals surface area contributed by atoms with Crippen molar-refractivity contribution in [3.8, 4) is 5.69 Å². The lowest BCUT2D eigenvalue weighted by Gasteiger charge is -2.14. The molecule has 1 fully saturated rings. The standard InChI is InChI=1S/C19H25N3O2/c1-13-6-5-7-15(10-13)22-17(11-16(21-22)19(2,3)4)20-18(23)14-8-9-24-12-14/h5-7,10-11,14H,8-9,12H2,1-4H3,(H,20,23). The largest absolute Gasteiger partial charge is 0.381 e. The van der Waals surface area contributed by atoms with E-state index in [4.69, 9.17) is 9.84 Å². The molecule has 24 heavy (non-hydrogen) atoms. The van der Waals surface area contributed by atoms with Gasteiger partial charge in [-0.05, 0) is 31.0 Å². The van der Waals surface area contributed by atoms with E-state index in [9.17, 15) is 4.79 Å². The van der Waals surface area contributed by atoms with Crippen LogP contribution in [-0.4, -0.2) is 28.9 Å². The summed E-state index contributed by atoms with van der Waals surface area (Å²) in [4.78, 5) is 12.5. The van der Waals surface area contributed by atoms with Crippen LogP contribution in [0.2, 0.25) is 0 Å². The molecule has 3 rings (SSSR count). The zero-order chi connectivity index (χ0) is 17.3. The molecule has 1 amide bonds. The Balaban J connectivity index is 1.96. The summed E-state index contributed by atoms with van der Waals surface area (Å²) in [6.07, 6.45) is 0.774. The van der Waals surface area contributed by atoms with Crippen molar-refractivity contribution < 1.29 is 9.53 Å². The first kappa shape index (κ1) is 16.7. The van der Waals surface area contributed by atoms with E-state index in [1.54, 1.807) is 0 Å². The predicted octanol–water partition coefficient (Wildman–Crippen LogP) is 3.45. The maximum Gasteiger partial charge on any atom is 0.231 e. The molecule has 1 aromatic heterocycles. The van der Waals surface area contributed by atoms with Crippen LogP contribution in [0.1, 0.15) is 38.4 Å². The molecule has 5 heteroatoms. The fourth-order valence-electron chi connectivity index (χ4n) is 2.76. The van der Waals surface area contributed by atoms with Gasteiger partial charge in [0.25, 0.3) is 0 Å². The first-order chi connectivity index (χ1) is 11.3. The van der Waals surface area contributed by atoms with E-state index in [0.717, 1.165) is 23.4 Å². The number of aromatic nitrogens is 2. The van der Waals surface area contributed by atoms with E-state index in [1.165, 1.54) is 0 Å². The Kier molecular flexibility index (Phi) is 4.45. The number of nitrogens with one attached hydrogen (secondary N) is 1. The number of ether oxygens (including phenoxy) is 1. The Morgan fingerprint density at radius 1 is 1.33 bits per heavy atom. The molecular formula is C19H25N3O2. The summed E-state index contributed by atoms with van der Waals surface area (Å²) in [5.74, 6) is 0.633. The number of anilines is 1. The van der Waals surface area contributed by atoms with Crippen molar-refractivity contribution in [1.29, 1.82) is 0 Å². The van der Waals surface area contributed by atoms with Crippen molar-refractivity contribution in [2.24, 2.45) is 5.92 Å². The molecule has 128 valence electrons. The van der Waals surface area contributed by atoms with Crippen LogP contribution in [0.3, 0.4) is 0 Å². The quantitative estimate of drug-likeness (QED) is 0.939. The lowest BCUT2D eigenvalue weighted by Crippen LogP contribution is -2.24. The number of benzene rings is 1. The van der Waals surface area contributed by atoms with Gasteiger partial charge >= 0.3 is 0 Å². The highest BCUT2D eigenvalue weighted by atomic mass is 16.5. The molecule has 0 radical (unpaired) electrons. The lowest BCUT2D eigenvalue weighted by atomic mass is 9.92. The molecule has 5 nitrogen and oxygen atoms in total. The molecular weight excluding hydrogens is 302 g/mol. The van der Waals surface area contributed by atoms with Gasteiger partial charge in [-0.2, -0.15) is 5.10 Å². The van der Waals surface area contributed by atoms with Crippen LogP contribution in [0.25, 0.3) is 5.69 Å². The normalized spacial score (nSPS) is 17.9. The van der Waals surface area contributed by atoms with Gasteiger partial charge in [0.1, 0.15) is 5.82 Å². The first-order valence-electron chi connectivity index (χ1n) is 8.41. The third kappa shape index (κ3) is 3.51. The zero-order valence-corrected chi connectivity index (χ0v) is 14.8. The molecule has 2 aromatic rings. The van der Waals surface area contributed by atoms with E-state index >= 15 is 0 Å². The third-order valence-corrected chi connectivity index (χ3v) is 4.28. The summed E-state index contributed by atoms with van der Waals surface area (Å²) in [7, 11) is 0. The molecule has 1 atom stereocenters. The highest BCUT2D eigenvalue weighted by Crippen LogP contribution is 2.27. The summed E-state index contributed by atoms with van der Waals surface area (Å²) in [6.45, 7) is 9.55. The van der Waals surface area contributed by atoms with Crippen LogP contribution in [0.4, 0.5) is 5.82 Å². The molecule has 1 unspecified atom stereocenters. The fourth-order valence-corrected chi connectivity index (χ4v) is 2.76. The molecule has 0 spiro atoms. The number of carbonyl (C=O) groups is 1. The van der Waals surface area contributed by atoms with Crippen LogP contribution >= 0.6 is 0 Å². The second-order valence-corrected chi connectivity index (χ2v) is 7.47. The molecule has 1 aromatic carbocycles. The lowest BCUT2D eigenvalue weighted by molar-refractivity contribution is -0.119. The van der Waals surface area contributed by atoms with Crippen molar-refractivity contribution in [3.05, 3.63) is 41.6 Å². The van der Waals surface area contributed by atoms with Gasteiger partial charge in [0.15, 0.2) is 0 Å². The van der Waals surface area contributed by atoms with Gasteiger partial charge in [0.2, 0.25) is 5.91 Å². The van der Waals surface area contributed by atoms with Gasteiger partial charge in [-0.1, -0.05) is 32.9 Å². The maximum atomic E-state index is 12.5. The van der Waals surface area contributed by atoms with Gasteiger partial charge in [-0.3, -0.25) is 4.79 Å². The Bertz CT molecular complexity index is 737. The van der Waals surface area contributed by atoms with Crippen LogP contribution < -0.4 is 5.32 Å². The van der Waals surface area contributed by atoms with E-state index in [1.807, 2.05) is 35.9 Å². The van der Waals surface area contributed by atoms with Crippen LogP contribution in [0, 0.1) is 12.8 Å². The Morgan fingerprint density at radius 3 is 2.75 bits per heavy atom. The van der Waals surface area contributed by atoms with E-state index in [0.29, 0.717) is 19.0 Å². The second-order valence-electron chi connectivity index (χ2n) is 7.47. The highest BCUT2D eigenvalue weighted by molar-refractivity contribution is 5.92. The summed E-state index contributed by atoms with van der Waals surface area (Å²) < 4.78 is 7.14. The molecule has 0 bridgehead atoms. The highest BCUT2D eigenvalue weighted by Gasteiger charge is 2.26. The third-order valence-electron chi connectivity index (χ3n) is 4.28. The van der Waals surface area contributed by atoms with E-state index < -0.39 is 0 Å². The molecule has 1 saturated heterocycles. The number of nitrogens with zero attached hydrogens (tertiary/aromatic N) is 2. The monoisotopic (exact) mass is 327 g/mol. The van der Waals surface area contributed by atoms with Gasteiger partial charge in [0, 0.05) is 18.1 Å². The maximum absolute atomic E-state index is 12.5. The number of carbonyl (C=O) groups excluding carboxylic acids is 1. The van der Waals surface area contributed by atoms with Crippen molar-refractivity contribution >= 4 is 11.7 Å². The molecule has 2 heterocycles. The number of hydrogen-bond acceptors (Lipinski definition) is 3. The van der Waals surface area contributed by atoms with Crippen molar-refractivity contribution in [2.75, 3.05) is 18.5 Å². The van der Waals surface area contributed by atoms with E-state index in [2.05, 4.69) is 32.2 Å². The van der Waals surface area contributed by atoms with E-state index in [-0.39, 0.29) is 17.2 Å². The molecule has 1 aliphatic rings. The Morgan fingerprint density at radius 2 is 2.12 bits per heavy atom. The average Bonchev–Trinajstić information content (AvgIpc) is 3.16. The summed E-state index contributed by atoms with van der Waals surface area (Å²) in [5.41, 5.74) is 2.96. The fraction of sp³-hybridized carbons (Fsp3) is 0.474. The Labute approximate surface area is 143 Å². The average molecular weight is 327 g/mol. The summed E-state index contributed by atoms with van der Waals surface area (Å²) in [6, 6.07) is 10.1.